The number of hydrogen-bond acceptors (Lipinski definition) is 5. The predicted molar refractivity (Wildman–Crippen MR) is 79.2 cm³/mol. The topological polar surface area (TPSA) is 87.0 Å². The molecule has 0 heterocycles. The quantitative estimate of drug-likeness (QED) is 0.670. The van der Waals surface area contributed by atoms with Gasteiger partial charge in [0, 0.05) is 12.0 Å². The number of carbonyl (C=O) groups excluding carboxylic acids is 1. The van der Waals surface area contributed by atoms with Gasteiger partial charge in [-0.25, -0.2) is 0 Å². The van der Waals surface area contributed by atoms with Gasteiger partial charge in [0.1, 0.15) is 0 Å². The van der Waals surface area contributed by atoms with Crippen molar-refractivity contribution in [1.29, 1.82) is 0 Å². The summed E-state index contributed by atoms with van der Waals surface area (Å²) < 4.78 is 4.99. The molecule has 0 aromatic rings. The van der Waals surface area contributed by atoms with E-state index in [2.05, 4.69) is 0 Å². The molecule has 0 atom stereocenters. The standard InChI is InChI=1S/C10H20O4.C5H12O/c1-9(2,5-11)7-14-8(13)10(3,4)6-12;1-5(2,3)4-6/h11-12H,5-7H2,1-4H3;6H,4H2,1-3H3. The highest BCUT2D eigenvalue weighted by molar-refractivity contribution is 5.76. The van der Waals surface area contributed by atoms with Gasteiger partial charge in [0.2, 0.25) is 0 Å². The molecule has 0 spiro atoms. The Morgan fingerprint density at radius 1 is 0.850 bits per heavy atom. The van der Waals surface area contributed by atoms with Crippen LogP contribution in [0.15, 0.2) is 0 Å². The van der Waals surface area contributed by atoms with Gasteiger partial charge in [-0.1, -0.05) is 34.6 Å². The molecule has 0 saturated carbocycles. The number of aliphatic hydroxyl groups excluding tert-OH is 3. The predicted octanol–water partition coefficient (Wildman–Crippen LogP) is 1.59. The van der Waals surface area contributed by atoms with Crippen molar-refractivity contribution in [3.8, 4) is 0 Å². The van der Waals surface area contributed by atoms with Crippen LogP contribution in [0.2, 0.25) is 0 Å². The maximum atomic E-state index is 11.4. The molecule has 0 bridgehead atoms. The molecule has 0 saturated heterocycles. The zero-order valence-corrected chi connectivity index (χ0v) is 14.0. The molecule has 5 heteroatoms. The molecule has 0 aliphatic rings. The third-order valence-electron chi connectivity index (χ3n) is 2.44. The Bertz CT molecular complexity index is 276. The molecule has 0 amide bonds. The fraction of sp³-hybridized carbons (Fsp3) is 0.933. The smallest absolute Gasteiger partial charge is 0.313 e. The number of hydrogen-bond donors (Lipinski definition) is 3. The van der Waals surface area contributed by atoms with Crippen LogP contribution >= 0.6 is 0 Å². The normalized spacial score (nSPS) is 12.5. The zero-order chi connectivity index (χ0) is 16.6. The molecule has 20 heavy (non-hydrogen) atoms. The average molecular weight is 292 g/mol. The molecule has 0 aromatic heterocycles. The number of carbonyl (C=O) groups is 1. The van der Waals surface area contributed by atoms with Crippen molar-refractivity contribution < 1.29 is 24.9 Å². The Morgan fingerprint density at radius 2 is 1.25 bits per heavy atom. The summed E-state index contributed by atoms with van der Waals surface area (Å²) in [5.41, 5.74) is -1.20. The van der Waals surface area contributed by atoms with E-state index in [0.29, 0.717) is 0 Å². The molecular weight excluding hydrogens is 260 g/mol. The number of rotatable bonds is 5. The summed E-state index contributed by atoms with van der Waals surface area (Å²) in [6.07, 6.45) is 0. The fourth-order valence-corrected chi connectivity index (χ4v) is 0.566. The average Bonchev–Trinajstić information content (AvgIpc) is 2.35. The third kappa shape index (κ3) is 11.2. The summed E-state index contributed by atoms with van der Waals surface area (Å²) in [4.78, 5) is 11.4. The molecule has 0 aliphatic carbocycles. The second-order valence-electron chi connectivity index (χ2n) is 7.66. The Balaban J connectivity index is 0. The first-order chi connectivity index (χ1) is 8.81. The number of aliphatic hydroxyl groups is 3. The Morgan fingerprint density at radius 3 is 1.50 bits per heavy atom. The third-order valence-corrected chi connectivity index (χ3v) is 2.44. The van der Waals surface area contributed by atoms with Crippen LogP contribution in [0.3, 0.4) is 0 Å². The minimum Gasteiger partial charge on any atom is -0.465 e. The van der Waals surface area contributed by atoms with Crippen molar-refractivity contribution in [2.24, 2.45) is 16.2 Å². The molecule has 0 rings (SSSR count). The van der Waals surface area contributed by atoms with E-state index in [1.165, 1.54) is 0 Å². The molecule has 122 valence electrons. The lowest BCUT2D eigenvalue weighted by atomic mass is 9.94. The van der Waals surface area contributed by atoms with E-state index < -0.39 is 16.8 Å². The number of esters is 1. The first kappa shape index (κ1) is 21.6. The minimum absolute atomic E-state index is 0.0418. The van der Waals surface area contributed by atoms with Crippen molar-refractivity contribution in [2.75, 3.05) is 26.4 Å². The van der Waals surface area contributed by atoms with E-state index >= 15 is 0 Å². The van der Waals surface area contributed by atoms with E-state index in [4.69, 9.17) is 20.1 Å². The summed E-state index contributed by atoms with van der Waals surface area (Å²) in [6, 6.07) is 0. The van der Waals surface area contributed by atoms with Crippen LogP contribution < -0.4 is 0 Å². The highest BCUT2D eigenvalue weighted by Gasteiger charge is 2.30. The SMILES string of the molecule is CC(C)(C)CO.CC(C)(CO)COC(=O)C(C)(C)CO. The van der Waals surface area contributed by atoms with Gasteiger partial charge in [-0.05, 0) is 19.3 Å². The maximum Gasteiger partial charge on any atom is 0.313 e. The number of ether oxygens (including phenoxy) is 1. The van der Waals surface area contributed by atoms with Crippen molar-refractivity contribution in [1.82, 2.24) is 0 Å². The van der Waals surface area contributed by atoms with Gasteiger partial charge >= 0.3 is 5.97 Å². The summed E-state index contributed by atoms with van der Waals surface area (Å²) in [7, 11) is 0. The van der Waals surface area contributed by atoms with Crippen LogP contribution in [0, 0.1) is 16.2 Å². The van der Waals surface area contributed by atoms with E-state index in [0.717, 1.165) is 0 Å². The van der Waals surface area contributed by atoms with Gasteiger partial charge in [-0.3, -0.25) is 4.79 Å². The Labute approximate surface area is 123 Å². The highest BCUT2D eigenvalue weighted by Crippen LogP contribution is 2.19. The molecule has 0 fully saturated rings. The van der Waals surface area contributed by atoms with E-state index in [1.807, 2.05) is 20.8 Å². The van der Waals surface area contributed by atoms with Crippen LogP contribution in [-0.4, -0.2) is 47.7 Å². The van der Waals surface area contributed by atoms with E-state index in [-0.39, 0.29) is 31.8 Å². The minimum atomic E-state index is -0.870. The van der Waals surface area contributed by atoms with Gasteiger partial charge < -0.3 is 20.1 Å². The second-order valence-corrected chi connectivity index (χ2v) is 7.66. The lowest BCUT2D eigenvalue weighted by molar-refractivity contribution is -0.159. The van der Waals surface area contributed by atoms with E-state index in [1.54, 1.807) is 27.7 Å². The molecule has 0 aromatic carbocycles. The van der Waals surface area contributed by atoms with Gasteiger partial charge in [-0.2, -0.15) is 0 Å². The summed E-state index contributed by atoms with van der Waals surface area (Å²) in [5, 5.41) is 26.2. The molecule has 3 N–H and O–H groups in total. The van der Waals surface area contributed by atoms with Crippen LogP contribution in [0.4, 0.5) is 0 Å². The Kier molecular flexibility index (Phi) is 9.30. The summed E-state index contributed by atoms with van der Waals surface area (Å²) in [6.45, 7) is 12.9. The van der Waals surface area contributed by atoms with Crippen molar-refractivity contribution in [2.45, 2.75) is 48.5 Å². The molecule has 0 radical (unpaired) electrons. The van der Waals surface area contributed by atoms with Crippen LogP contribution in [-0.2, 0) is 9.53 Å². The maximum absolute atomic E-state index is 11.4. The van der Waals surface area contributed by atoms with Crippen LogP contribution in [0.5, 0.6) is 0 Å². The lowest BCUT2D eigenvalue weighted by Gasteiger charge is -2.25. The van der Waals surface area contributed by atoms with Gasteiger partial charge in [0.25, 0.3) is 0 Å². The van der Waals surface area contributed by atoms with Gasteiger partial charge in [-0.15, -0.1) is 0 Å². The molecular formula is C15H32O5. The van der Waals surface area contributed by atoms with Crippen molar-refractivity contribution >= 4 is 5.97 Å². The molecule has 5 nitrogen and oxygen atoms in total. The van der Waals surface area contributed by atoms with Crippen molar-refractivity contribution in [3.05, 3.63) is 0 Å². The zero-order valence-electron chi connectivity index (χ0n) is 14.0. The lowest BCUT2D eigenvalue weighted by Crippen LogP contribution is -2.34. The second kappa shape index (κ2) is 8.60. The first-order valence-corrected chi connectivity index (χ1v) is 6.81. The molecule has 0 unspecified atom stereocenters. The van der Waals surface area contributed by atoms with Gasteiger partial charge in [0.05, 0.1) is 25.2 Å². The van der Waals surface area contributed by atoms with Crippen LogP contribution in [0.25, 0.3) is 0 Å². The summed E-state index contributed by atoms with van der Waals surface area (Å²) in [5.74, 6) is -0.443. The Hall–Kier alpha value is -0.650. The fourth-order valence-electron chi connectivity index (χ4n) is 0.566. The van der Waals surface area contributed by atoms with Crippen LogP contribution in [0.1, 0.15) is 48.5 Å². The van der Waals surface area contributed by atoms with Crippen molar-refractivity contribution in [3.63, 3.8) is 0 Å². The largest absolute Gasteiger partial charge is 0.465 e. The van der Waals surface area contributed by atoms with E-state index in [9.17, 15) is 4.79 Å². The first-order valence-electron chi connectivity index (χ1n) is 6.81. The monoisotopic (exact) mass is 292 g/mol. The highest BCUT2D eigenvalue weighted by atomic mass is 16.5. The summed E-state index contributed by atoms with van der Waals surface area (Å²) >= 11 is 0. The molecule has 0 aliphatic heterocycles. The van der Waals surface area contributed by atoms with Gasteiger partial charge in [0.15, 0.2) is 0 Å².